The van der Waals surface area contributed by atoms with E-state index in [9.17, 15) is 23.2 Å². The first-order valence-electron chi connectivity index (χ1n) is 7.51. The Morgan fingerprint density at radius 1 is 0.923 bits per heavy atom. The Morgan fingerprint density at radius 2 is 1.54 bits per heavy atom. The van der Waals surface area contributed by atoms with Crippen LogP contribution in [0.1, 0.15) is 10.4 Å². The molecule has 0 atom stereocenters. The molecule has 0 aliphatic heterocycles. The van der Waals surface area contributed by atoms with Crippen LogP contribution in [0.4, 0.5) is 25.0 Å². The van der Waals surface area contributed by atoms with Crippen LogP contribution < -0.4 is 21.3 Å². The molecule has 0 spiro atoms. The van der Waals surface area contributed by atoms with Gasteiger partial charge in [-0.1, -0.05) is 0 Å². The molecular formula is C17H16F2N4O3. The van der Waals surface area contributed by atoms with Crippen molar-refractivity contribution in [3.8, 4) is 0 Å². The lowest BCUT2D eigenvalue weighted by atomic mass is 10.2. The van der Waals surface area contributed by atoms with E-state index in [-0.39, 0.29) is 11.6 Å². The molecule has 26 heavy (non-hydrogen) atoms. The van der Waals surface area contributed by atoms with Crippen LogP contribution in [-0.2, 0) is 4.79 Å². The topological polar surface area (TPSA) is 99.3 Å². The molecule has 0 heterocycles. The second-order valence-electron chi connectivity index (χ2n) is 5.14. The van der Waals surface area contributed by atoms with Gasteiger partial charge in [0, 0.05) is 24.5 Å². The minimum atomic E-state index is -1.01. The predicted molar refractivity (Wildman–Crippen MR) is 91.8 cm³/mol. The minimum absolute atomic E-state index is 0.358. The maximum absolute atomic E-state index is 13.5. The van der Waals surface area contributed by atoms with Gasteiger partial charge in [-0.3, -0.25) is 9.59 Å². The summed E-state index contributed by atoms with van der Waals surface area (Å²) in [7, 11) is 1.48. The molecule has 2 aromatic rings. The Bertz CT molecular complexity index is 825. The van der Waals surface area contributed by atoms with E-state index in [1.807, 2.05) is 0 Å². The average molecular weight is 362 g/mol. The monoisotopic (exact) mass is 362 g/mol. The first kappa shape index (κ1) is 18.8. The second kappa shape index (κ2) is 8.56. The summed E-state index contributed by atoms with van der Waals surface area (Å²) >= 11 is 0. The number of hydrogen-bond acceptors (Lipinski definition) is 3. The number of nitrogens with one attached hydrogen (secondary N) is 4. The molecule has 0 saturated heterocycles. The van der Waals surface area contributed by atoms with E-state index in [0.29, 0.717) is 17.4 Å². The fraction of sp³-hybridized carbons (Fsp3) is 0.118. The number of halogens is 2. The van der Waals surface area contributed by atoms with Crippen LogP contribution in [-0.4, -0.2) is 31.4 Å². The molecule has 9 heteroatoms. The number of benzene rings is 2. The quantitative estimate of drug-likeness (QED) is 0.655. The first-order valence-corrected chi connectivity index (χ1v) is 7.51. The Hall–Kier alpha value is -3.49. The van der Waals surface area contributed by atoms with Crippen LogP contribution >= 0.6 is 0 Å². The van der Waals surface area contributed by atoms with Crippen LogP contribution in [0.2, 0.25) is 0 Å². The number of rotatable bonds is 5. The van der Waals surface area contributed by atoms with Gasteiger partial charge in [0.05, 0.1) is 12.1 Å². The Labute approximate surface area is 147 Å². The Kier molecular flexibility index (Phi) is 6.20. The molecule has 0 fully saturated rings. The molecule has 0 aliphatic rings. The highest BCUT2D eigenvalue weighted by atomic mass is 19.1. The highest BCUT2D eigenvalue weighted by Crippen LogP contribution is 2.13. The normalized spacial score (nSPS) is 9.96. The van der Waals surface area contributed by atoms with Crippen molar-refractivity contribution >= 4 is 29.2 Å². The maximum Gasteiger partial charge on any atom is 0.318 e. The average Bonchev–Trinajstić information content (AvgIpc) is 2.61. The summed E-state index contributed by atoms with van der Waals surface area (Å²) in [5, 5.41) is 9.74. The third kappa shape index (κ3) is 5.26. The van der Waals surface area contributed by atoms with Crippen molar-refractivity contribution in [3.63, 3.8) is 0 Å². The van der Waals surface area contributed by atoms with Gasteiger partial charge in [-0.2, -0.15) is 0 Å². The van der Waals surface area contributed by atoms with Gasteiger partial charge in [-0.15, -0.1) is 0 Å². The number of carbonyl (C=O) groups is 3. The first-order chi connectivity index (χ1) is 12.4. The van der Waals surface area contributed by atoms with Crippen molar-refractivity contribution in [3.05, 3.63) is 59.7 Å². The zero-order valence-electron chi connectivity index (χ0n) is 13.7. The standard InChI is InChI=1S/C17H16F2N4O3/c1-20-17(26)23-12-5-3-11(4-6-12)22-15(24)9-21-16(25)13-7-2-10(18)8-14(13)19/h2-8H,9H2,1H3,(H,21,25)(H,22,24)(H2,20,23,26). The van der Waals surface area contributed by atoms with E-state index < -0.39 is 30.0 Å². The van der Waals surface area contributed by atoms with E-state index in [1.54, 1.807) is 24.3 Å². The lowest BCUT2D eigenvalue weighted by Crippen LogP contribution is -2.33. The maximum atomic E-state index is 13.5. The smallest absolute Gasteiger partial charge is 0.318 e. The minimum Gasteiger partial charge on any atom is -0.343 e. The summed E-state index contributed by atoms with van der Waals surface area (Å²) in [6.45, 7) is -0.395. The third-order valence-electron chi connectivity index (χ3n) is 3.24. The van der Waals surface area contributed by atoms with E-state index >= 15 is 0 Å². The van der Waals surface area contributed by atoms with Crippen LogP contribution in [0.3, 0.4) is 0 Å². The number of urea groups is 1. The van der Waals surface area contributed by atoms with Crippen molar-refractivity contribution in [2.24, 2.45) is 0 Å². The number of carbonyl (C=O) groups excluding carboxylic acids is 3. The summed E-state index contributed by atoms with van der Waals surface area (Å²) in [5.74, 6) is -3.18. The molecule has 0 radical (unpaired) electrons. The Morgan fingerprint density at radius 3 is 2.12 bits per heavy atom. The van der Waals surface area contributed by atoms with Crippen LogP contribution in [0.5, 0.6) is 0 Å². The van der Waals surface area contributed by atoms with Crippen LogP contribution in [0, 0.1) is 11.6 Å². The van der Waals surface area contributed by atoms with Crippen molar-refractivity contribution in [2.75, 3.05) is 24.2 Å². The summed E-state index contributed by atoms with van der Waals surface area (Å²) in [5.41, 5.74) is 0.617. The second-order valence-corrected chi connectivity index (χ2v) is 5.14. The summed E-state index contributed by atoms with van der Waals surface area (Å²) < 4.78 is 26.3. The fourth-order valence-electron chi connectivity index (χ4n) is 1.97. The number of hydrogen-bond donors (Lipinski definition) is 4. The largest absolute Gasteiger partial charge is 0.343 e. The fourth-order valence-corrected chi connectivity index (χ4v) is 1.97. The SMILES string of the molecule is CNC(=O)Nc1ccc(NC(=O)CNC(=O)c2ccc(F)cc2F)cc1. The molecule has 0 saturated carbocycles. The van der Waals surface area contributed by atoms with Crippen molar-refractivity contribution in [2.45, 2.75) is 0 Å². The molecule has 2 aromatic carbocycles. The molecule has 4 amide bonds. The highest BCUT2D eigenvalue weighted by molar-refractivity contribution is 5.99. The van der Waals surface area contributed by atoms with Gasteiger partial charge >= 0.3 is 6.03 Å². The van der Waals surface area contributed by atoms with E-state index in [4.69, 9.17) is 0 Å². The van der Waals surface area contributed by atoms with Crippen molar-refractivity contribution in [1.29, 1.82) is 0 Å². The summed E-state index contributed by atoms with van der Waals surface area (Å²) in [6, 6.07) is 8.44. The Balaban J connectivity index is 1.86. The van der Waals surface area contributed by atoms with Crippen LogP contribution in [0.15, 0.2) is 42.5 Å². The zero-order chi connectivity index (χ0) is 19.1. The molecular weight excluding hydrogens is 346 g/mol. The summed E-state index contributed by atoms with van der Waals surface area (Å²) in [6.07, 6.45) is 0. The van der Waals surface area contributed by atoms with Crippen molar-refractivity contribution < 1.29 is 23.2 Å². The number of amides is 4. The number of anilines is 2. The molecule has 0 bridgehead atoms. The van der Waals surface area contributed by atoms with Gasteiger partial charge in [-0.05, 0) is 36.4 Å². The lowest BCUT2D eigenvalue weighted by molar-refractivity contribution is -0.115. The van der Waals surface area contributed by atoms with Gasteiger partial charge in [0.25, 0.3) is 5.91 Å². The highest BCUT2D eigenvalue weighted by Gasteiger charge is 2.13. The van der Waals surface area contributed by atoms with E-state index in [0.717, 1.165) is 12.1 Å². The molecule has 0 aliphatic carbocycles. The molecule has 4 N–H and O–H groups in total. The molecule has 0 unspecified atom stereocenters. The predicted octanol–water partition coefficient (Wildman–Crippen LogP) is 2.08. The van der Waals surface area contributed by atoms with Gasteiger partial charge in [0.1, 0.15) is 11.6 Å². The van der Waals surface area contributed by atoms with E-state index in [1.165, 1.54) is 7.05 Å². The molecule has 136 valence electrons. The van der Waals surface area contributed by atoms with Gasteiger partial charge in [0.15, 0.2) is 0 Å². The van der Waals surface area contributed by atoms with Crippen molar-refractivity contribution in [1.82, 2.24) is 10.6 Å². The van der Waals surface area contributed by atoms with E-state index in [2.05, 4.69) is 21.3 Å². The van der Waals surface area contributed by atoms with Gasteiger partial charge < -0.3 is 21.3 Å². The lowest BCUT2D eigenvalue weighted by Gasteiger charge is -2.09. The van der Waals surface area contributed by atoms with Crippen LogP contribution in [0.25, 0.3) is 0 Å². The third-order valence-corrected chi connectivity index (χ3v) is 3.24. The van der Waals surface area contributed by atoms with Gasteiger partial charge in [-0.25, -0.2) is 13.6 Å². The summed E-state index contributed by atoms with van der Waals surface area (Å²) in [4.78, 5) is 34.8. The van der Waals surface area contributed by atoms with Gasteiger partial charge in [0.2, 0.25) is 5.91 Å². The molecule has 2 rings (SSSR count). The zero-order valence-corrected chi connectivity index (χ0v) is 13.7. The molecule has 7 nitrogen and oxygen atoms in total. The molecule has 0 aromatic heterocycles.